The second-order valence-electron chi connectivity index (χ2n) is 9.47. The molecule has 0 saturated carbocycles. The van der Waals surface area contributed by atoms with Crippen LogP contribution < -0.4 is 15.1 Å². The van der Waals surface area contributed by atoms with Crippen LogP contribution in [0.5, 0.6) is 5.75 Å². The van der Waals surface area contributed by atoms with Gasteiger partial charge in [-0.3, -0.25) is 14.5 Å². The van der Waals surface area contributed by atoms with Gasteiger partial charge in [-0.05, 0) is 46.9 Å². The van der Waals surface area contributed by atoms with E-state index in [1.807, 2.05) is 24.3 Å². The van der Waals surface area contributed by atoms with Crippen molar-refractivity contribution in [2.45, 2.75) is 32.2 Å². The minimum absolute atomic E-state index is 0.0307. The number of halogens is 1. The predicted octanol–water partition coefficient (Wildman–Crippen LogP) is 5.99. The maximum atomic E-state index is 14.0. The lowest BCUT2D eigenvalue weighted by Crippen LogP contribution is -2.29. The molecule has 4 aromatic rings. The molecular weight excluding hydrogens is 433 g/mol. The van der Waals surface area contributed by atoms with Crippen LogP contribution in [-0.4, -0.2) is 13.0 Å². The van der Waals surface area contributed by atoms with Crippen LogP contribution in [0.25, 0.3) is 11.0 Å². The van der Waals surface area contributed by atoms with Crippen molar-refractivity contribution in [2.75, 3.05) is 12.0 Å². The highest BCUT2D eigenvalue weighted by Gasteiger charge is 2.43. The van der Waals surface area contributed by atoms with Gasteiger partial charge in [0.05, 0.1) is 24.1 Å². The number of carbonyl (C=O) groups excluding carboxylic acids is 1. The van der Waals surface area contributed by atoms with Crippen molar-refractivity contribution >= 4 is 22.6 Å². The number of hydrogen-bond acceptors (Lipinski definition) is 4. The highest BCUT2D eigenvalue weighted by molar-refractivity contribution is 6.10. The van der Waals surface area contributed by atoms with E-state index in [-0.39, 0.29) is 27.7 Å². The summed E-state index contributed by atoms with van der Waals surface area (Å²) in [5.41, 5.74) is 2.35. The van der Waals surface area contributed by atoms with Crippen LogP contribution in [-0.2, 0) is 5.41 Å². The number of methoxy groups -OCH3 is 1. The highest BCUT2D eigenvalue weighted by atomic mass is 19.1. The van der Waals surface area contributed by atoms with Gasteiger partial charge in [-0.1, -0.05) is 51.1 Å². The van der Waals surface area contributed by atoms with Gasteiger partial charge < -0.3 is 9.15 Å². The van der Waals surface area contributed by atoms with Crippen LogP contribution in [0.2, 0.25) is 0 Å². The standard InChI is InChI=1S/C28H24FNO4/c1-28(2,3)17-10-8-16(9-11-17)24-23-25(31)21-14-18(29)12-13-22(21)34-26(23)27(32)30(24)19-6-5-7-20(15-19)33-4/h5-15,24H,1-4H3. The largest absolute Gasteiger partial charge is 0.497 e. The summed E-state index contributed by atoms with van der Waals surface area (Å²) in [7, 11) is 1.55. The molecule has 0 fully saturated rings. The van der Waals surface area contributed by atoms with Crippen LogP contribution in [0.3, 0.4) is 0 Å². The highest BCUT2D eigenvalue weighted by Crippen LogP contribution is 2.42. The molecule has 5 rings (SSSR count). The zero-order valence-electron chi connectivity index (χ0n) is 19.4. The van der Waals surface area contributed by atoms with Crippen molar-refractivity contribution in [3.8, 4) is 5.75 Å². The quantitative estimate of drug-likeness (QED) is 0.379. The SMILES string of the molecule is COc1cccc(N2C(=O)c3oc4ccc(F)cc4c(=O)c3C2c2ccc(C(C)(C)C)cc2)c1. The molecule has 0 radical (unpaired) electrons. The Kier molecular flexibility index (Phi) is 5.04. The first-order chi connectivity index (χ1) is 16.2. The molecule has 1 aliphatic heterocycles. The fraction of sp³-hybridized carbons (Fsp3) is 0.214. The second-order valence-corrected chi connectivity index (χ2v) is 9.47. The van der Waals surface area contributed by atoms with E-state index in [4.69, 9.17) is 9.15 Å². The van der Waals surface area contributed by atoms with Gasteiger partial charge in [-0.25, -0.2) is 4.39 Å². The van der Waals surface area contributed by atoms with Crippen molar-refractivity contribution in [1.82, 2.24) is 0 Å². The van der Waals surface area contributed by atoms with Gasteiger partial charge in [0.15, 0.2) is 5.43 Å². The number of fused-ring (bicyclic) bond motifs is 2. The Morgan fingerprint density at radius 2 is 1.71 bits per heavy atom. The van der Waals surface area contributed by atoms with Gasteiger partial charge in [0.1, 0.15) is 17.1 Å². The summed E-state index contributed by atoms with van der Waals surface area (Å²) in [6.07, 6.45) is 0. The minimum atomic E-state index is -0.729. The fourth-order valence-electron chi connectivity index (χ4n) is 4.45. The average Bonchev–Trinajstić information content (AvgIpc) is 3.11. The summed E-state index contributed by atoms with van der Waals surface area (Å²) in [4.78, 5) is 28.8. The Balaban J connectivity index is 1.77. The van der Waals surface area contributed by atoms with Crippen LogP contribution in [0.15, 0.2) is 75.9 Å². The molecule has 1 amide bonds. The number of rotatable bonds is 3. The predicted molar refractivity (Wildman–Crippen MR) is 129 cm³/mol. The molecular formula is C28H24FNO4. The number of amides is 1. The molecule has 34 heavy (non-hydrogen) atoms. The van der Waals surface area contributed by atoms with E-state index in [0.717, 1.165) is 17.2 Å². The lowest BCUT2D eigenvalue weighted by molar-refractivity contribution is 0.0971. The van der Waals surface area contributed by atoms with Gasteiger partial charge in [-0.2, -0.15) is 0 Å². The summed E-state index contributed by atoms with van der Waals surface area (Å²) < 4.78 is 25.2. The summed E-state index contributed by atoms with van der Waals surface area (Å²) >= 11 is 0. The van der Waals surface area contributed by atoms with Crippen molar-refractivity contribution in [3.63, 3.8) is 0 Å². The number of hydrogen-bond donors (Lipinski definition) is 0. The normalized spacial score (nSPS) is 15.6. The Morgan fingerprint density at radius 1 is 0.971 bits per heavy atom. The molecule has 1 aliphatic rings. The third-order valence-corrected chi connectivity index (χ3v) is 6.26. The van der Waals surface area contributed by atoms with Crippen LogP contribution in [0.4, 0.5) is 10.1 Å². The topological polar surface area (TPSA) is 59.8 Å². The Bertz CT molecular complexity index is 1480. The van der Waals surface area contributed by atoms with Crippen molar-refractivity contribution in [1.29, 1.82) is 0 Å². The minimum Gasteiger partial charge on any atom is -0.497 e. The molecule has 0 bridgehead atoms. The summed E-state index contributed by atoms with van der Waals surface area (Å²) in [5, 5.41) is 0.107. The van der Waals surface area contributed by atoms with Crippen LogP contribution >= 0.6 is 0 Å². The molecule has 0 saturated heterocycles. The molecule has 0 N–H and O–H groups in total. The third-order valence-electron chi connectivity index (χ3n) is 6.26. The first-order valence-electron chi connectivity index (χ1n) is 11.0. The molecule has 3 aromatic carbocycles. The Labute approximate surface area is 196 Å². The zero-order chi connectivity index (χ0) is 24.2. The lowest BCUT2D eigenvalue weighted by atomic mass is 9.86. The number of carbonyl (C=O) groups is 1. The summed E-state index contributed by atoms with van der Waals surface area (Å²) in [6, 6.07) is 18.0. The monoisotopic (exact) mass is 457 g/mol. The second kappa shape index (κ2) is 7.83. The Hall–Kier alpha value is -3.93. The maximum Gasteiger partial charge on any atom is 0.295 e. The molecule has 172 valence electrons. The number of benzene rings is 3. The molecule has 0 spiro atoms. The number of anilines is 1. The van der Waals surface area contributed by atoms with Gasteiger partial charge in [0, 0.05) is 11.8 Å². The lowest BCUT2D eigenvalue weighted by Gasteiger charge is -2.26. The number of ether oxygens (including phenoxy) is 1. The smallest absolute Gasteiger partial charge is 0.295 e. The van der Waals surface area contributed by atoms with Crippen LogP contribution in [0.1, 0.15) is 54.1 Å². The average molecular weight is 458 g/mol. The first kappa shape index (κ1) is 21.9. The van der Waals surface area contributed by atoms with Gasteiger partial charge in [0.2, 0.25) is 5.76 Å². The van der Waals surface area contributed by atoms with E-state index in [0.29, 0.717) is 11.4 Å². The van der Waals surface area contributed by atoms with Gasteiger partial charge >= 0.3 is 0 Å². The molecule has 2 heterocycles. The van der Waals surface area contributed by atoms with Crippen molar-refractivity contribution in [2.24, 2.45) is 0 Å². The van der Waals surface area contributed by atoms with E-state index in [1.54, 1.807) is 36.3 Å². The van der Waals surface area contributed by atoms with Crippen molar-refractivity contribution < 1.29 is 18.3 Å². The van der Waals surface area contributed by atoms with Gasteiger partial charge in [0.25, 0.3) is 5.91 Å². The van der Waals surface area contributed by atoms with Gasteiger partial charge in [-0.15, -0.1) is 0 Å². The Morgan fingerprint density at radius 3 is 2.38 bits per heavy atom. The van der Waals surface area contributed by atoms with Crippen LogP contribution in [0, 0.1) is 5.82 Å². The van der Waals surface area contributed by atoms with E-state index in [1.165, 1.54) is 12.1 Å². The van der Waals surface area contributed by atoms with Crippen molar-refractivity contribution in [3.05, 3.63) is 105 Å². The fourth-order valence-corrected chi connectivity index (χ4v) is 4.45. The molecule has 6 heteroatoms. The molecule has 5 nitrogen and oxygen atoms in total. The van der Waals surface area contributed by atoms with E-state index >= 15 is 0 Å². The molecule has 1 atom stereocenters. The zero-order valence-corrected chi connectivity index (χ0v) is 19.4. The summed E-state index contributed by atoms with van der Waals surface area (Å²) in [5.74, 6) is -0.428. The number of nitrogens with zero attached hydrogens (tertiary/aromatic N) is 1. The molecule has 1 aromatic heterocycles. The molecule has 0 aliphatic carbocycles. The summed E-state index contributed by atoms with van der Waals surface area (Å²) in [6.45, 7) is 6.36. The van der Waals surface area contributed by atoms with E-state index in [9.17, 15) is 14.0 Å². The first-order valence-corrected chi connectivity index (χ1v) is 11.0. The third kappa shape index (κ3) is 3.46. The van der Waals surface area contributed by atoms with E-state index < -0.39 is 23.2 Å². The molecule has 1 unspecified atom stereocenters. The van der Waals surface area contributed by atoms with E-state index in [2.05, 4.69) is 20.8 Å². The maximum absolute atomic E-state index is 14.0.